The molecule has 82 heavy (non-hydrogen) atoms. The predicted octanol–water partition coefficient (Wildman–Crippen LogP) is 20.1. The Labute approximate surface area is 472 Å². The summed E-state index contributed by atoms with van der Waals surface area (Å²) in [6.45, 7) is 0. The average molecular weight is 1040 g/mol. The molecule has 0 saturated carbocycles. The summed E-state index contributed by atoms with van der Waals surface area (Å²) in [7, 11) is 0. The molecule has 12 aromatic carbocycles. The Balaban J connectivity index is 0.862. The van der Waals surface area contributed by atoms with Crippen LogP contribution >= 0.6 is 0 Å². The van der Waals surface area contributed by atoms with E-state index in [1.54, 1.807) is 0 Å². The number of para-hydroxylation sites is 8. The molecule has 17 aromatic rings. The highest BCUT2D eigenvalue weighted by atomic mass is 15.0. The molecule has 0 bridgehead atoms. The van der Waals surface area contributed by atoms with Crippen LogP contribution in [0.5, 0.6) is 0 Å². The Kier molecular flexibility index (Phi) is 10.2. The lowest BCUT2D eigenvalue weighted by atomic mass is 9.96. The van der Waals surface area contributed by atoms with E-state index in [0.717, 1.165) is 89.6 Å². The van der Waals surface area contributed by atoms with Crippen LogP contribution in [0.1, 0.15) is 0 Å². The highest BCUT2D eigenvalue weighted by molar-refractivity contribution is 6.12. The molecule has 5 aromatic heterocycles. The molecule has 0 aliphatic rings. The molecule has 0 saturated heterocycles. The van der Waals surface area contributed by atoms with Gasteiger partial charge in [-0.15, -0.1) is 0 Å². The van der Waals surface area contributed by atoms with Gasteiger partial charge in [0.1, 0.15) is 0 Å². The van der Waals surface area contributed by atoms with Crippen molar-refractivity contribution >= 4 is 87.2 Å². The zero-order valence-corrected chi connectivity index (χ0v) is 44.5. The summed E-state index contributed by atoms with van der Waals surface area (Å²) in [5.41, 5.74) is 22.0. The van der Waals surface area contributed by atoms with E-state index in [1.165, 1.54) is 65.2 Å². The second-order valence-corrected chi connectivity index (χ2v) is 21.5. The van der Waals surface area contributed by atoms with Crippen molar-refractivity contribution in [1.82, 2.24) is 23.3 Å². The number of aromatic nitrogens is 5. The van der Waals surface area contributed by atoms with Crippen LogP contribution in [-0.2, 0) is 0 Å². The molecular weight excluding hydrogens is 995 g/mol. The number of hydrogen-bond acceptors (Lipinski definition) is 1. The van der Waals surface area contributed by atoms with Crippen LogP contribution in [-0.4, -0.2) is 23.3 Å². The fourth-order valence-electron chi connectivity index (χ4n) is 13.3. The number of rotatable bonds is 8. The van der Waals surface area contributed by atoms with Gasteiger partial charge in [-0.1, -0.05) is 188 Å². The minimum absolute atomic E-state index is 0.879. The Bertz CT molecular complexity index is 5050. The SMILES string of the molecule is c1cc(-c2ccc(-n3c4ccccc4c4ccccc43)cc2)cc(-c2cc(-c3ccc(-n4c5ccccc5c5ccccc54)cc3)nc(-c3cc(-n4c5ccccc5c5ccccc54)cc(-n4c5ccccc5c5ccccc54)c3)c2)c1. The maximum Gasteiger partial charge on any atom is 0.0717 e. The van der Waals surface area contributed by atoms with Crippen molar-refractivity contribution in [2.75, 3.05) is 0 Å². The number of pyridine rings is 1. The molecule has 5 heterocycles. The van der Waals surface area contributed by atoms with E-state index in [4.69, 9.17) is 4.98 Å². The Morgan fingerprint density at radius 1 is 0.171 bits per heavy atom. The van der Waals surface area contributed by atoms with Crippen molar-refractivity contribution in [1.29, 1.82) is 0 Å². The highest BCUT2D eigenvalue weighted by Crippen LogP contribution is 2.41. The number of fused-ring (bicyclic) bond motifs is 12. The molecule has 0 fully saturated rings. The summed E-state index contributed by atoms with van der Waals surface area (Å²) >= 11 is 0. The van der Waals surface area contributed by atoms with E-state index < -0.39 is 0 Å². The largest absolute Gasteiger partial charge is 0.309 e. The van der Waals surface area contributed by atoms with Gasteiger partial charge in [-0.2, -0.15) is 0 Å². The van der Waals surface area contributed by atoms with Gasteiger partial charge in [-0.25, -0.2) is 4.98 Å². The summed E-state index contributed by atoms with van der Waals surface area (Å²) in [6.07, 6.45) is 0. The second-order valence-electron chi connectivity index (χ2n) is 21.5. The van der Waals surface area contributed by atoms with Gasteiger partial charge in [0.05, 0.1) is 55.5 Å². The summed E-state index contributed by atoms with van der Waals surface area (Å²) in [5, 5.41) is 9.87. The topological polar surface area (TPSA) is 32.6 Å². The van der Waals surface area contributed by atoms with Crippen molar-refractivity contribution < 1.29 is 0 Å². The molecule has 0 atom stereocenters. The van der Waals surface area contributed by atoms with Crippen molar-refractivity contribution in [3.63, 3.8) is 0 Å². The maximum atomic E-state index is 5.72. The third-order valence-electron chi connectivity index (χ3n) is 16.9. The maximum absolute atomic E-state index is 5.72. The molecule has 0 spiro atoms. The van der Waals surface area contributed by atoms with Crippen LogP contribution in [0, 0.1) is 0 Å². The third-order valence-corrected chi connectivity index (χ3v) is 16.9. The molecule has 0 radical (unpaired) electrons. The van der Waals surface area contributed by atoms with Crippen molar-refractivity contribution in [2.45, 2.75) is 0 Å². The normalized spacial score (nSPS) is 11.9. The Morgan fingerprint density at radius 3 is 0.793 bits per heavy atom. The van der Waals surface area contributed by atoms with Gasteiger partial charge in [0.15, 0.2) is 0 Å². The second kappa shape index (κ2) is 18.3. The van der Waals surface area contributed by atoms with Gasteiger partial charge in [-0.3, -0.25) is 0 Å². The third kappa shape index (κ3) is 7.16. The first-order chi connectivity index (χ1) is 40.7. The van der Waals surface area contributed by atoms with Crippen molar-refractivity contribution in [2.24, 2.45) is 0 Å². The zero-order valence-electron chi connectivity index (χ0n) is 44.5. The average Bonchev–Trinajstić information content (AvgIpc) is 4.14. The van der Waals surface area contributed by atoms with Crippen LogP contribution in [0.2, 0.25) is 0 Å². The smallest absolute Gasteiger partial charge is 0.0717 e. The Hall–Kier alpha value is -11.0. The fourth-order valence-corrected chi connectivity index (χ4v) is 13.3. The van der Waals surface area contributed by atoms with Gasteiger partial charge < -0.3 is 18.3 Å². The van der Waals surface area contributed by atoms with E-state index in [0.29, 0.717) is 0 Å². The van der Waals surface area contributed by atoms with Crippen LogP contribution in [0.25, 0.3) is 155 Å². The van der Waals surface area contributed by atoms with E-state index >= 15 is 0 Å². The minimum Gasteiger partial charge on any atom is -0.309 e. The Morgan fingerprint density at radius 2 is 0.451 bits per heavy atom. The molecule has 382 valence electrons. The van der Waals surface area contributed by atoms with E-state index in [-0.39, 0.29) is 0 Å². The fraction of sp³-hybridized carbons (Fsp3) is 0. The van der Waals surface area contributed by atoms with Gasteiger partial charge in [-0.05, 0) is 131 Å². The number of nitrogens with zero attached hydrogens (tertiary/aromatic N) is 5. The molecule has 0 N–H and O–H groups in total. The number of benzene rings is 12. The summed E-state index contributed by atoms with van der Waals surface area (Å²) < 4.78 is 9.61. The lowest BCUT2D eigenvalue weighted by Gasteiger charge is -2.17. The van der Waals surface area contributed by atoms with Crippen LogP contribution in [0.4, 0.5) is 0 Å². The first kappa shape index (κ1) is 46.0. The molecule has 5 heteroatoms. The molecule has 0 aliphatic heterocycles. The van der Waals surface area contributed by atoms with E-state index in [1.807, 2.05) is 0 Å². The highest BCUT2D eigenvalue weighted by Gasteiger charge is 2.20. The van der Waals surface area contributed by atoms with Gasteiger partial charge in [0, 0.05) is 77.0 Å². The van der Waals surface area contributed by atoms with Crippen LogP contribution in [0.15, 0.2) is 297 Å². The summed E-state index contributed by atoms with van der Waals surface area (Å²) in [6, 6.07) is 108. The van der Waals surface area contributed by atoms with Gasteiger partial charge >= 0.3 is 0 Å². The summed E-state index contributed by atoms with van der Waals surface area (Å²) in [4.78, 5) is 5.72. The molecular formula is C77H49N5. The molecule has 0 unspecified atom stereocenters. The minimum atomic E-state index is 0.879. The standard InChI is InChI=1S/C77H49N5/c1-9-28-70-60(20-1)61-21-2-10-29-71(61)79(70)56-40-36-50(37-41-56)52-18-17-19-53(44-52)54-47-68(51-38-42-57(43-39-51)80-72-30-11-3-22-62(72)63-23-4-12-31-73(63)80)78-69(48-54)55-45-58(81-74-32-13-5-24-64(74)65-25-6-14-33-75(65)81)49-59(46-55)82-76-34-15-7-26-66(76)67-27-8-16-35-77(67)82/h1-49H. The molecule has 5 nitrogen and oxygen atoms in total. The van der Waals surface area contributed by atoms with Gasteiger partial charge in [0.25, 0.3) is 0 Å². The predicted molar refractivity (Wildman–Crippen MR) is 343 cm³/mol. The first-order valence-corrected chi connectivity index (χ1v) is 28.1. The summed E-state index contributed by atoms with van der Waals surface area (Å²) in [5.74, 6) is 0. The van der Waals surface area contributed by atoms with Gasteiger partial charge in [0.2, 0.25) is 0 Å². The molecule has 0 amide bonds. The monoisotopic (exact) mass is 1040 g/mol. The first-order valence-electron chi connectivity index (χ1n) is 28.1. The van der Waals surface area contributed by atoms with Crippen LogP contribution < -0.4 is 0 Å². The van der Waals surface area contributed by atoms with Crippen LogP contribution in [0.3, 0.4) is 0 Å². The zero-order chi connectivity index (χ0) is 53.8. The number of hydrogen-bond donors (Lipinski definition) is 0. The lowest BCUT2D eigenvalue weighted by Crippen LogP contribution is -2.01. The molecule has 0 aliphatic carbocycles. The lowest BCUT2D eigenvalue weighted by molar-refractivity contribution is 1.13. The van der Waals surface area contributed by atoms with E-state index in [9.17, 15) is 0 Å². The van der Waals surface area contributed by atoms with E-state index in [2.05, 4.69) is 316 Å². The molecule has 17 rings (SSSR count). The quantitative estimate of drug-likeness (QED) is 0.149. The van der Waals surface area contributed by atoms with Crippen molar-refractivity contribution in [3.8, 4) is 67.5 Å². The van der Waals surface area contributed by atoms with Crippen molar-refractivity contribution in [3.05, 3.63) is 297 Å².